The Bertz CT molecular complexity index is 1230. The highest BCUT2D eigenvalue weighted by atomic mass is 16.6. The predicted molar refractivity (Wildman–Crippen MR) is 307 cm³/mol. The zero-order valence-corrected chi connectivity index (χ0v) is 47.5. The van der Waals surface area contributed by atoms with E-state index in [0.29, 0.717) is 19.3 Å². The molecule has 6 heteroatoms. The van der Waals surface area contributed by atoms with Gasteiger partial charge in [0.2, 0.25) is 0 Å². The highest BCUT2D eigenvalue weighted by Gasteiger charge is 2.19. The summed E-state index contributed by atoms with van der Waals surface area (Å²) in [5.74, 6) is -0.865. The van der Waals surface area contributed by atoms with Gasteiger partial charge in [-0.15, -0.1) is 0 Å². The first-order valence-electron chi connectivity index (χ1n) is 31.1. The number of allylic oxidation sites excluding steroid dienone is 8. The Hall–Kier alpha value is -2.63. The van der Waals surface area contributed by atoms with Crippen LogP contribution in [-0.4, -0.2) is 37.2 Å². The molecule has 0 saturated heterocycles. The van der Waals surface area contributed by atoms with Crippen molar-refractivity contribution in [1.82, 2.24) is 0 Å². The topological polar surface area (TPSA) is 78.9 Å². The SMILES string of the molecule is CCCCC/C=C\C/C=C\CCCCCCCCCC(=O)OC(COC(=O)CCCCCCCCCCCCC/C=C\C/C=C\CCCCCCC)COC(=O)CCCCCCCCCCCCCCC. The quantitative estimate of drug-likeness (QED) is 0.0261. The summed E-state index contributed by atoms with van der Waals surface area (Å²) in [5.41, 5.74) is 0. The lowest BCUT2D eigenvalue weighted by Crippen LogP contribution is -2.30. The molecule has 0 fully saturated rings. The number of hydrogen-bond acceptors (Lipinski definition) is 6. The molecule has 0 aliphatic heterocycles. The lowest BCUT2D eigenvalue weighted by Gasteiger charge is -2.18. The Morgan fingerprint density at radius 1 is 0.282 bits per heavy atom. The van der Waals surface area contributed by atoms with Gasteiger partial charge >= 0.3 is 17.9 Å². The fourth-order valence-corrected chi connectivity index (χ4v) is 9.09. The van der Waals surface area contributed by atoms with Gasteiger partial charge in [0.1, 0.15) is 13.2 Å². The van der Waals surface area contributed by atoms with Gasteiger partial charge in [-0.2, -0.15) is 0 Å². The number of carbonyl (C=O) groups excluding carboxylic acids is 3. The Balaban J connectivity index is 4.30. The molecule has 0 amide bonds. The van der Waals surface area contributed by atoms with Gasteiger partial charge in [0.25, 0.3) is 0 Å². The summed E-state index contributed by atoms with van der Waals surface area (Å²) in [4.78, 5) is 38.2. The molecule has 0 rings (SSSR count). The average Bonchev–Trinajstić information content (AvgIpc) is 3.37. The first-order chi connectivity index (χ1) is 35.0. The standard InChI is InChI=1S/C65H118O6/c1-4-7-10-13-16-19-22-25-27-29-30-31-32-33-34-36-37-40-43-46-49-52-55-58-64(67)70-61-62(60-69-63(66)57-54-51-48-45-42-39-24-21-18-15-12-9-6-3)71-65(68)59-56-53-50-47-44-41-38-35-28-26-23-20-17-14-11-8-5-2/h17,20,22,25-26,28-30,62H,4-16,18-19,21,23-24,27,31-61H2,1-3H3/b20-17-,25-22-,28-26-,30-29-. The Morgan fingerprint density at radius 3 is 0.803 bits per heavy atom. The van der Waals surface area contributed by atoms with Crippen molar-refractivity contribution in [3.8, 4) is 0 Å². The zero-order chi connectivity index (χ0) is 51.4. The Morgan fingerprint density at radius 2 is 0.507 bits per heavy atom. The minimum atomic E-state index is -0.776. The molecule has 414 valence electrons. The van der Waals surface area contributed by atoms with E-state index in [9.17, 15) is 14.4 Å². The fraction of sp³-hybridized carbons (Fsp3) is 0.831. The summed E-state index contributed by atoms with van der Waals surface area (Å²) < 4.78 is 16.9. The maximum atomic E-state index is 12.9. The second kappa shape index (κ2) is 59.9. The highest BCUT2D eigenvalue weighted by molar-refractivity contribution is 5.71. The van der Waals surface area contributed by atoms with Gasteiger partial charge in [-0.05, 0) is 83.5 Å². The third kappa shape index (κ3) is 58.1. The van der Waals surface area contributed by atoms with Crippen molar-refractivity contribution in [3.63, 3.8) is 0 Å². The Kier molecular flexibility index (Phi) is 57.7. The molecule has 6 nitrogen and oxygen atoms in total. The summed E-state index contributed by atoms with van der Waals surface area (Å²) in [6, 6.07) is 0. The minimum Gasteiger partial charge on any atom is -0.462 e. The molecule has 71 heavy (non-hydrogen) atoms. The van der Waals surface area contributed by atoms with E-state index in [1.165, 1.54) is 212 Å². The van der Waals surface area contributed by atoms with Crippen molar-refractivity contribution in [2.75, 3.05) is 13.2 Å². The molecule has 0 aliphatic rings. The van der Waals surface area contributed by atoms with Crippen LogP contribution >= 0.6 is 0 Å². The second-order valence-electron chi connectivity index (χ2n) is 21.0. The van der Waals surface area contributed by atoms with Crippen LogP contribution < -0.4 is 0 Å². The molecule has 0 aromatic heterocycles. The highest BCUT2D eigenvalue weighted by Crippen LogP contribution is 2.17. The predicted octanol–water partition coefficient (Wildman–Crippen LogP) is 21.0. The van der Waals surface area contributed by atoms with E-state index in [-0.39, 0.29) is 31.1 Å². The van der Waals surface area contributed by atoms with E-state index in [0.717, 1.165) is 77.0 Å². The van der Waals surface area contributed by atoms with Gasteiger partial charge in [0.05, 0.1) is 0 Å². The molecule has 0 aromatic carbocycles. The largest absolute Gasteiger partial charge is 0.462 e. The van der Waals surface area contributed by atoms with E-state index in [2.05, 4.69) is 69.4 Å². The van der Waals surface area contributed by atoms with Crippen LogP contribution in [0.15, 0.2) is 48.6 Å². The number of ether oxygens (including phenoxy) is 3. The van der Waals surface area contributed by atoms with Crippen LogP contribution in [0.4, 0.5) is 0 Å². The minimum absolute atomic E-state index is 0.0734. The van der Waals surface area contributed by atoms with Crippen molar-refractivity contribution in [2.45, 2.75) is 335 Å². The van der Waals surface area contributed by atoms with Crippen LogP contribution in [-0.2, 0) is 28.6 Å². The van der Waals surface area contributed by atoms with Crippen molar-refractivity contribution in [1.29, 1.82) is 0 Å². The first-order valence-corrected chi connectivity index (χ1v) is 31.1. The summed E-state index contributed by atoms with van der Waals surface area (Å²) in [7, 11) is 0. The molecule has 0 bridgehead atoms. The summed E-state index contributed by atoms with van der Waals surface area (Å²) in [5, 5.41) is 0. The number of unbranched alkanes of at least 4 members (excludes halogenated alkanes) is 38. The van der Waals surface area contributed by atoms with E-state index in [4.69, 9.17) is 14.2 Å². The molecule has 1 atom stereocenters. The van der Waals surface area contributed by atoms with Gasteiger partial charge in [-0.1, -0.05) is 275 Å². The average molecular weight is 996 g/mol. The monoisotopic (exact) mass is 995 g/mol. The third-order valence-corrected chi connectivity index (χ3v) is 13.8. The fourth-order valence-electron chi connectivity index (χ4n) is 9.09. The molecule has 0 aromatic rings. The first kappa shape index (κ1) is 68.4. The second-order valence-corrected chi connectivity index (χ2v) is 21.0. The van der Waals surface area contributed by atoms with Crippen molar-refractivity contribution in [3.05, 3.63) is 48.6 Å². The van der Waals surface area contributed by atoms with Gasteiger partial charge in [-0.25, -0.2) is 0 Å². The summed E-state index contributed by atoms with van der Waals surface area (Å²) in [6.45, 7) is 6.64. The number of hydrogen-bond donors (Lipinski definition) is 0. The third-order valence-electron chi connectivity index (χ3n) is 13.8. The normalized spacial score (nSPS) is 12.3. The van der Waals surface area contributed by atoms with E-state index in [1.807, 2.05) is 0 Å². The van der Waals surface area contributed by atoms with Gasteiger partial charge in [-0.3, -0.25) is 14.4 Å². The molecule has 0 heterocycles. The van der Waals surface area contributed by atoms with Gasteiger partial charge < -0.3 is 14.2 Å². The molecular formula is C65H118O6. The van der Waals surface area contributed by atoms with Crippen LogP contribution in [0.3, 0.4) is 0 Å². The molecule has 0 saturated carbocycles. The smallest absolute Gasteiger partial charge is 0.306 e. The lowest BCUT2D eigenvalue weighted by atomic mass is 10.0. The molecule has 0 radical (unpaired) electrons. The number of rotatable bonds is 57. The molecule has 0 N–H and O–H groups in total. The van der Waals surface area contributed by atoms with E-state index in [1.54, 1.807) is 0 Å². The van der Waals surface area contributed by atoms with Crippen LogP contribution in [0.5, 0.6) is 0 Å². The molecule has 0 spiro atoms. The maximum Gasteiger partial charge on any atom is 0.306 e. The van der Waals surface area contributed by atoms with E-state index >= 15 is 0 Å². The number of esters is 3. The van der Waals surface area contributed by atoms with Crippen LogP contribution in [0.1, 0.15) is 329 Å². The Labute approximate surface area is 441 Å². The van der Waals surface area contributed by atoms with Crippen LogP contribution in [0.25, 0.3) is 0 Å². The van der Waals surface area contributed by atoms with Crippen molar-refractivity contribution < 1.29 is 28.6 Å². The molecular weight excluding hydrogens is 877 g/mol. The van der Waals surface area contributed by atoms with E-state index < -0.39 is 6.10 Å². The maximum absolute atomic E-state index is 12.9. The van der Waals surface area contributed by atoms with Gasteiger partial charge in [0.15, 0.2) is 6.10 Å². The summed E-state index contributed by atoms with van der Waals surface area (Å²) >= 11 is 0. The number of carbonyl (C=O) groups is 3. The summed E-state index contributed by atoms with van der Waals surface area (Å²) in [6.07, 6.45) is 73.9. The van der Waals surface area contributed by atoms with Gasteiger partial charge in [0, 0.05) is 19.3 Å². The van der Waals surface area contributed by atoms with Crippen molar-refractivity contribution >= 4 is 17.9 Å². The van der Waals surface area contributed by atoms with Crippen LogP contribution in [0, 0.1) is 0 Å². The van der Waals surface area contributed by atoms with Crippen LogP contribution in [0.2, 0.25) is 0 Å². The molecule has 1 unspecified atom stereocenters. The van der Waals surface area contributed by atoms with Crippen molar-refractivity contribution in [2.24, 2.45) is 0 Å². The zero-order valence-electron chi connectivity index (χ0n) is 47.5. The molecule has 0 aliphatic carbocycles. The lowest BCUT2D eigenvalue weighted by molar-refractivity contribution is -0.167.